The third-order valence-electron chi connectivity index (χ3n) is 4.42. The first-order valence-electron chi connectivity index (χ1n) is 9.11. The summed E-state index contributed by atoms with van der Waals surface area (Å²) in [5, 5.41) is 16.8. The van der Waals surface area contributed by atoms with Crippen LogP contribution in [0.3, 0.4) is 0 Å². The summed E-state index contributed by atoms with van der Waals surface area (Å²) < 4.78 is 11.2. The Hall–Kier alpha value is -3.29. The van der Waals surface area contributed by atoms with Crippen LogP contribution < -0.4 is 20.1 Å². The molecule has 1 aliphatic rings. The lowest BCUT2D eigenvalue weighted by molar-refractivity contribution is -0.384. The number of hydrogen-bond acceptors (Lipinski definition) is 6. The van der Waals surface area contributed by atoms with Gasteiger partial charge < -0.3 is 20.1 Å². The van der Waals surface area contributed by atoms with Crippen LogP contribution in [0.25, 0.3) is 0 Å². The van der Waals surface area contributed by atoms with Gasteiger partial charge in [-0.2, -0.15) is 0 Å². The van der Waals surface area contributed by atoms with Crippen LogP contribution in [0.2, 0.25) is 0 Å². The average Bonchev–Trinajstić information content (AvgIpc) is 2.70. The molecule has 148 valence electrons. The topological polar surface area (TPSA) is 103 Å². The number of ether oxygens (including phenoxy) is 2. The van der Waals surface area contributed by atoms with Crippen molar-refractivity contribution in [2.45, 2.75) is 19.9 Å². The number of amides is 1. The molecule has 2 aromatic carbocycles. The Morgan fingerprint density at radius 1 is 1.14 bits per heavy atom. The van der Waals surface area contributed by atoms with Crippen LogP contribution in [-0.2, 0) is 4.79 Å². The highest BCUT2D eigenvalue weighted by atomic mass is 16.6. The quantitative estimate of drug-likeness (QED) is 0.560. The monoisotopic (exact) mass is 385 g/mol. The lowest BCUT2D eigenvalue weighted by Gasteiger charge is -2.25. The zero-order valence-corrected chi connectivity index (χ0v) is 15.8. The van der Waals surface area contributed by atoms with Crippen molar-refractivity contribution in [1.82, 2.24) is 5.32 Å². The van der Waals surface area contributed by atoms with Gasteiger partial charge in [-0.1, -0.05) is 26.0 Å². The van der Waals surface area contributed by atoms with Crippen LogP contribution in [0, 0.1) is 16.0 Å². The van der Waals surface area contributed by atoms with Gasteiger partial charge in [-0.25, -0.2) is 0 Å². The maximum atomic E-state index is 12.4. The van der Waals surface area contributed by atoms with Crippen molar-refractivity contribution >= 4 is 17.3 Å². The Balaban J connectivity index is 1.65. The van der Waals surface area contributed by atoms with E-state index in [0.29, 0.717) is 30.4 Å². The summed E-state index contributed by atoms with van der Waals surface area (Å²) in [7, 11) is 0. The van der Waals surface area contributed by atoms with E-state index < -0.39 is 4.92 Å². The van der Waals surface area contributed by atoms with E-state index in [0.717, 1.165) is 5.56 Å². The molecule has 1 atom stereocenters. The number of benzene rings is 2. The highest BCUT2D eigenvalue weighted by Crippen LogP contribution is 2.34. The number of nitrogens with zero attached hydrogens (tertiary/aromatic N) is 1. The van der Waals surface area contributed by atoms with Crippen molar-refractivity contribution < 1.29 is 19.2 Å². The van der Waals surface area contributed by atoms with E-state index in [2.05, 4.69) is 10.6 Å². The van der Waals surface area contributed by atoms with E-state index in [4.69, 9.17) is 9.47 Å². The van der Waals surface area contributed by atoms with Gasteiger partial charge in [0.2, 0.25) is 5.91 Å². The third-order valence-corrected chi connectivity index (χ3v) is 4.42. The van der Waals surface area contributed by atoms with E-state index >= 15 is 0 Å². The van der Waals surface area contributed by atoms with Crippen molar-refractivity contribution in [3.8, 4) is 11.5 Å². The molecule has 1 heterocycles. The minimum Gasteiger partial charge on any atom is -0.486 e. The fourth-order valence-electron chi connectivity index (χ4n) is 3.02. The normalized spacial score (nSPS) is 13.7. The van der Waals surface area contributed by atoms with E-state index in [9.17, 15) is 14.9 Å². The maximum Gasteiger partial charge on any atom is 0.271 e. The zero-order chi connectivity index (χ0) is 20.1. The smallest absolute Gasteiger partial charge is 0.271 e. The number of hydrogen-bond donors (Lipinski definition) is 2. The molecule has 0 bridgehead atoms. The summed E-state index contributed by atoms with van der Waals surface area (Å²) in [6, 6.07) is 11.5. The summed E-state index contributed by atoms with van der Waals surface area (Å²) in [5.41, 5.74) is 1.43. The lowest BCUT2D eigenvalue weighted by Crippen LogP contribution is -2.35. The Bertz CT molecular complexity index is 869. The molecule has 0 aromatic heterocycles. The Labute approximate surface area is 163 Å². The number of non-ortho nitro benzene ring substituents is 1. The first-order chi connectivity index (χ1) is 13.4. The number of nitro benzene ring substituents is 1. The van der Waals surface area contributed by atoms with Crippen molar-refractivity contribution in [3.63, 3.8) is 0 Å². The molecule has 28 heavy (non-hydrogen) atoms. The first kappa shape index (κ1) is 19.5. The number of nitro groups is 1. The fraction of sp³-hybridized carbons (Fsp3) is 0.350. The third kappa shape index (κ3) is 4.70. The van der Waals surface area contributed by atoms with Crippen molar-refractivity contribution in [1.29, 1.82) is 0 Å². The number of carbonyl (C=O) groups is 1. The van der Waals surface area contributed by atoms with Gasteiger partial charge in [0.25, 0.3) is 5.69 Å². The van der Waals surface area contributed by atoms with Crippen LogP contribution in [0.4, 0.5) is 11.4 Å². The predicted molar refractivity (Wildman–Crippen MR) is 105 cm³/mol. The van der Waals surface area contributed by atoms with Gasteiger partial charge in [0.1, 0.15) is 13.2 Å². The van der Waals surface area contributed by atoms with Crippen LogP contribution in [0.1, 0.15) is 25.5 Å². The number of rotatable bonds is 7. The van der Waals surface area contributed by atoms with E-state index in [1.54, 1.807) is 12.1 Å². The predicted octanol–water partition coefficient (Wildman–Crippen LogP) is 3.29. The molecule has 0 spiro atoms. The summed E-state index contributed by atoms with van der Waals surface area (Å²) >= 11 is 0. The Morgan fingerprint density at radius 3 is 2.61 bits per heavy atom. The molecular formula is C20H23N3O5. The van der Waals surface area contributed by atoms with E-state index in [1.807, 2.05) is 32.0 Å². The van der Waals surface area contributed by atoms with Crippen molar-refractivity contribution in [2.75, 3.05) is 25.1 Å². The lowest BCUT2D eigenvalue weighted by atomic mass is 9.95. The van der Waals surface area contributed by atoms with Gasteiger partial charge in [0.15, 0.2) is 11.5 Å². The Morgan fingerprint density at radius 2 is 1.89 bits per heavy atom. The maximum absolute atomic E-state index is 12.4. The summed E-state index contributed by atoms with van der Waals surface area (Å²) in [6.45, 7) is 5.09. The highest BCUT2D eigenvalue weighted by molar-refractivity contribution is 5.81. The van der Waals surface area contributed by atoms with Crippen molar-refractivity contribution in [3.05, 3.63) is 58.1 Å². The van der Waals surface area contributed by atoms with Crippen molar-refractivity contribution in [2.24, 2.45) is 5.92 Å². The highest BCUT2D eigenvalue weighted by Gasteiger charge is 2.21. The molecule has 8 nitrogen and oxygen atoms in total. The standard InChI is InChI=1S/C20H23N3O5/c1-13(2)20(14-6-7-17-18(10-14)28-9-8-27-17)22-19(24)12-21-15-4-3-5-16(11-15)23(25)26/h3-7,10-11,13,20-21H,8-9,12H2,1-2H3,(H,22,24)/t20-/m1/s1. The number of anilines is 1. The molecule has 2 N–H and O–H groups in total. The van der Waals surface area contributed by atoms with Gasteiger partial charge >= 0.3 is 0 Å². The average molecular weight is 385 g/mol. The van der Waals surface area contributed by atoms with Crippen LogP contribution in [0.15, 0.2) is 42.5 Å². The second-order valence-corrected chi connectivity index (χ2v) is 6.85. The molecule has 0 unspecified atom stereocenters. The molecule has 1 amide bonds. The molecule has 0 saturated heterocycles. The molecule has 8 heteroatoms. The second-order valence-electron chi connectivity index (χ2n) is 6.85. The molecular weight excluding hydrogens is 362 g/mol. The molecule has 1 aliphatic heterocycles. The van der Waals surface area contributed by atoms with Crippen LogP contribution >= 0.6 is 0 Å². The number of fused-ring (bicyclic) bond motifs is 1. The van der Waals surface area contributed by atoms with E-state index in [1.165, 1.54) is 12.1 Å². The molecule has 0 fully saturated rings. The number of nitrogens with one attached hydrogen (secondary N) is 2. The molecule has 0 aliphatic carbocycles. The molecule has 2 aromatic rings. The largest absolute Gasteiger partial charge is 0.486 e. The van der Waals surface area contributed by atoms with Gasteiger partial charge in [0, 0.05) is 17.8 Å². The van der Waals surface area contributed by atoms with E-state index in [-0.39, 0.29) is 30.1 Å². The van der Waals surface area contributed by atoms with Gasteiger partial charge in [-0.3, -0.25) is 14.9 Å². The number of carbonyl (C=O) groups excluding carboxylic acids is 1. The van der Waals surface area contributed by atoms with Gasteiger partial charge in [-0.05, 0) is 29.7 Å². The van der Waals surface area contributed by atoms with Gasteiger partial charge in [-0.15, -0.1) is 0 Å². The second kappa shape index (κ2) is 8.60. The van der Waals surface area contributed by atoms with Crippen LogP contribution in [0.5, 0.6) is 11.5 Å². The molecule has 3 rings (SSSR count). The summed E-state index contributed by atoms with van der Waals surface area (Å²) in [5.74, 6) is 1.33. The minimum atomic E-state index is -0.470. The SMILES string of the molecule is CC(C)[C@@H](NC(=O)CNc1cccc([N+](=O)[O-])c1)c1ccc2c(c1)OCCO2. The summed E-state index contributed by atoms with van der Waals surface area (Å²) in [4.78, 5) is 22.8. The molecule has 0 saturated carbocycles. The zero-order valence-electron chi connectivity index (χ0n) is 15.8. The minimum absolute atomic E-state index is 0.00887. The van der Waals surface area contributed by atoms with Gasteiger partial charge in [0.05, 0.1) is 17.5 Å². The summed E-state index contributed by atoms with van der Waals surface area (Å²) in [6.07, 6.45) is 0. The fourth-order valence-corrected chi connectivity index (χ4v) is 3.02. The Kier molecular flexibility index (Phi) is 5.98. The molecule has 0 radical (unpaired) electrons. The van der Waals surface area contributed by atoms with Crippen LogP contribution in [-0.4, -0.2) is 30.6 Å². The first-order valence-corrected chi connectivity index (χ1v) is 9.11.